The molecule has 0 radical (unpaired) electrons. The summed E-state index contributed by atoms with van der Waals surface area (Å²) in [5.41, 5.74) is -0.966. The van der Waals surface area contributed by atoms with E-state index in [1.807, 2.05) is 0 Å². The number of ketones is 1. The smallest absolute Gasteiger partial charge is 0.339 e. The van der Waals surface area contributed by atoms with Gasteiger partial charge in [0.05, 0.1) is 7.11 Å². The van der Waals surface area contributed by atoms with Gasteiger partial charge in [-0.15, -0.1) is 0 Å². The van der Waals surface area contributed by atoms with Crippen LogP contribution in [0.4, 0.5) is 0 Å². The van der Waals surface area contributed by atoms with Crippen LogP contribution in [0.3, 0.4) is 0 Å². The maximum atomic E-state index is 11.0. The summed E-state index contributed by atoms with van der Waals surface area (Å²) in [4.78, 5) is 21.6. The maximum absolute atomic E-state index is 11.0. The van der Waals surface area contributed by atoms with E-state index < -0.39 is 11.6 Å². The molecule has 1 saturated carbocycles. The molecule has 0 amide bonds. The van der Waals surface area contributed by atoms with Gasteiger partial charge in [0.2, 0.25) is 0 Å². The Kier molecular flexibility index (Phi) is 1.95. The molecule has 1 aliphatic rings. The van der Waals surface area contributed by atoms with Crippen LogP contribution >= 0.6 is 0 Å². The first-order valence-corrected chi connectivity index (χ1v) is 3.30. The third-order valence-electron chi connectivity index (χ3n) is 1.91. The number of ether oxygens (including phenoxy) is 2. The second kappa shape index (κ2) is 2.62. The molecule has 1 aliphatic carbocycles. The Balaban J connectivity index is 2.64. The number of Topliss-reactive ketones (excluding diaryl/α,β-unsaturated/α-hetero) is 1. The van der Waals surface area contributed by atoms with Crippen LogP contribution in [0.5, 0.6) is 0 Å². The summed E-state index contributed by atoms with van der Waals surface area (Å²) in [5.74, 6) is -0.420. The fourth-order valence-corrected chi connectivity index (χ4v) is 1.14. The molecular formula is C7H10O4. The van der Waals surface area contributed by atoms with Gasteiger partial charge in [0.25, 0.3) is 0 Å². The number of esters is 1. The van der Waals surface area contributed by atoms with Gasteiger partial charge in [-0.1, -0.05) is 0 Å². The summed E-state index contributed by atoms with van der Waals surface area (Å²) in [6.45, 7) is 0. The predicted octanol–water partition coefficient (Wildman–Crippen LogP) is -0.0925. The normalized spacial score (nSPS) is 20.7. The van der Waals surface area contributed by atoms with E-state index in [4.69, 9.17) is 4.74 Å². The molecule has 0 heterocycles. The molecule has 4 heteroatoms. The standard InChI is InChI=1S/C7H10O4/c1-10-6(9)7(11-2)3-5(8)4-7/h3-4H2,1-2H3. The highest BCUT2D eigenvalue weighted by Crippen LogP contribution is 2.32. The number of hydrogen-bond donors (Lipinski definition) is 0. The van der Waals surface area contributed by atoms with E-state index in [-0.39, 0.29) is 18.6 Å². The van der Waals surface area contributed by atoms with E-state index >= 15 is 0 Å². The predicted molar refractivity (Wildman–Crippen MR) is 36.0 cm³/mol. The number of hydrogen-bond acceptors (Lipinski definition) is 4. The highest BCUT2D eigenvalue weighted by atomic mass is 16.6. The molecule has 1 rings (SSSR count). The molecule has 0 aromatic rings. The molecule has 0 spiro atoms. The van der Waals surface area contributed by atoms with Crippen molar-refractivity contribution in [2.24, 2.45) is 0 Å². The first kappa shape index (κ1) is 8.20. The van der Waals surface area contributed by atoms with Crippen molar-refractivity contribution in [3.63, 3.8) is 0 Å². The lowest BCUT2D eigenvalue weighted by molar-refractivity contribution is -0.180. The minimum atomic E-state index is -0.966. The Labute approximate surface area is 64.5 Å². The summed E-state index contributed by atoms with van der Waals surface area (Å²) < 4.78 is 9.38. The molecule has 0 N–H and O–H groups in total. The molecule has 4 nitrogen and oxygen atoms in total. The largest absolute Gasteiger partial charge is 0.467 e. The van der Waals surface area contributed by atoms with E-state index in [1.165, 1.54) is 14.2 Å². The highest BCUT2D eigenvalue weighted by molar-refractivity contribution is 5.99. The van der Waals surface area contributed by atoms with Gasteiger partial charge in [0.1, 0.15) is 5.78 Å². The molecule has 0 bridgehead atoms. The zero-order valence-corrected chi connectivity index (χ0v) is 6.55. The Hall–Kier alpha value is -0.900. The average molecular weight is 158 g/mol. The van der Waals surface area contributed by atoms with E-state index in [0.717, 1.165) is 0 Å². The minimum absolute atomic E-state index is 0.0391. The molecule has 0 saturated heterocycles. The number of carbonyl (C=O) groups excluding carboxylic acids is 2. The zero-order chi connectivity index (χ0) is 8.48. The quantitative estimate of drug-likeness (QED) is 0.527. The third kappa shape index (κ3) is 1.14. The average Bonchev–Trinajstić information content (AvgIpc) is 1.96. The summed E-state index contributed by atoms with van der Waals surface area (Å²) in [6, 6.07) is 0. The molecule has 0 atom stereocenters. The Bertz CT molecular complexity index is 189. The van der Waals surface area contributed by atoms with Crippen molar-refractivity contribution in [1.82, 2.24) is 0 Å². The summed E-state index contributed by atoms with van der Waals surface area (Å²) in [6.07, 6.45) is 0.298. The van der Waals surface area contributed by atoms with E-state index in [0.29, 0.717) is 0 Å². The van der Waals surface area contributed by atoms with Crippen LogP contribution < -0.4 is 0 Å². The van der Waals surface area contributed by atoms with Crippen molar-refractivity contribution in [2.75, 3.05) is 14.2 Å². The molecule has 62 valence electrons. The molecular weight excluding hydrogens is 148 g/mol. The molecule has 0 unspecified atom stereocenters. The van der Waals surface area contributed by atoms with Gasteiger partial charge in [-0.05, 0) is 0 Å². The van der Waals surface area contributed by atoms with Crippen molar-refractivity contribution in [2.45, 2.75) is 18.4 Å². The van der Waals surface area contributed by atoms with Gasteiger partial charge in [-0.25, -0.2) is 4.79 Å². The van der Waals surface area contributed by atoms with E-state index in [9.17, 15) is 9.59 Å². The fourth-order valence-electron chi connectivity index (χ4n) is 1.14. The monoisotopic (exact) mass is 158 g/mol. The van der Waals surface area contributed by atoms with Gasteiger partial charge in [-0.2, -0.15) is 0 Å². The Morgan fingerprint density at radius 2 is 2.00 bits per heavy atom. The second-order valence-corrected chi connectivity index (χ2v) is 2.58. The number of rotatable bonds is 2. The maximum Gasteiger partial charge on any atom is 0.339 e. The lowest BCUT2D eigenvalue weighted by Gasteiger charge is -2.35. The van der Waals surface area contributed by atoms with E-state index in [2.05, 4.69) is 4.74 Å². The highest BCUT2D eigenvalue weighted by Gasteiger charge is 2.51. The minimum Gasteiger partial charge on any atom is -0.467 e. The topological polar surface area (TPSA) is 52.6 Å². The van der Waals surface area contributed by atoms with Crippen molar-refractivity contribution in [1.29, 1.82) is 0 Å². The van der Waals surface area contributed by atoms with E-state index in [1.54, 1.807) is 0 Å². The summed E-state index contributed by atoms with van der Waals surface area (Å²) in [7, 11) is 2.69. The van der Waals surface area contributed by atoms with Crippen LogP contribution in [0, 0.1) is 0 Å². The molecule has 11 heavy (non-hydrogen) atoms. The van der Waals surface area contributed by atoms with Gasteiger partial charge >= 0.3 is 5.97 Å². The third-order valence-corrected chi connectivity index (χ3v) is 1.91. The van der Waals surface area contributed by atoms with Gasteiger partial charge in [0, 0.05) is 20.0 Å². The second-order valence-electron chi connectivity index (χ2n) is 2.58. The SMILES string of the molecule is COC(=O)C1(OC)CC(=O)C1. The van der Waals surface area contributed by atoms with Crippen molar-refractivity contribution >= 4 is 11.8 Å². The first-order valence-electron chi connectivity index (χ1n) is 3.30. The fraction of sp³-hybridized carbons (Fsp3) is 0.714. The number of methoxy groups -OCH3 is 2. The Morgan fingerprint density at radius 1 is 1.45 bits per heavy atom. The molecule has 1 fully saturated rings. The van der Waals surface area contributed by atoms with Crippen molar-refractivity contribution in [3.8, 4) is 0 Å². The van der Waals surface area contributed by atoms with Crippen LogP contribution in [-0.2, 0) is 19.1 Å². The summed E-state index contributed by atoms with van der Waals surface area (Å²) >= 11 is 0. The first-order chi connectivity index (χ1) is 5.14. The zero-order valence-electron chi connectivity index (χ0n) is 6.55. The lowest BCUT2D eigenvalue weighted by atomic mass is 9.79. The Morgan fingerprint density at radius 3 is 2.27 bits per heavy atom. The van der Waals surface area contributed by atoms with Crippen molar-refractivity contribution < 1.29 is 19.1 Å². The van der Waals surface area contributed by atoms with Crippen LogP contribution in [0.15, 0.2) is 0 Å². The number of carbonyl (C=O) groups is 2. The molecule has 0 aromatic carbocycles. The van der Waals surface area contributed by atoms with Gasteiger partial charge < -0.3 is 9.47 Å². The van der Waals surface area contributed by atoms with Crippen molar-refractivity contribution in [3.05, 3.63) is 0 Å². The lowest BCUT2D eigenvalue weighted by Crippen LogP contribution is -2.53. The van der Waals surface area contributed by atoms with Crippen LogP contribution in [0.1, 0.15) is 12.8 Å². The molecule has 0 aromatic heterocycles. The van der Waals surface area contributed by atoms with Crippen LogP contribution in [-0.4, -0.2) is 31.6 Å². The van der Waals surface area contributed by atoms with Gasteiger partial charge in [-0.3, -0.25) is 4.79 Å². The van der Waals surface area contributed by atoms with Crippen LogP contribution in [0.25, 0.3) is 0 Å². The molecule has 0 aliphatic heterocycles. The summed E-state index contributed by atoms with van der Waals surface area (Å²) in [5, 5.41) is 0. The van der Waals surface area contributed by atoms with Gasteiger partial charge in [0.15, 0.2) is 5.60 Å². The van der Waals surface area contributed by atoms with Crippen LogP contribution in [0.2, 0.25) is 0 Å².